The zero-order valence-electron chi connectivity index (χ0n) is 8.75. The molecule has 13 heavy (non-hydrogen) atoms. The van der Waals surface area contributed by atoms with E-state index in [-0.39, 0.29) is 12.5 Å². The van der Waals surface area contributed by atoms with Crippen LogP contribution in [0.1, 0.15) is 33.6 Å². The molecule has 1 N–H and O–H groups in total. The van der Waals surface area contributed by atoms with Crippen molar-refractivity contribution in [1.82, 2.24) is 0 Å². The number of nitrogens with zero attached hydrogens (tertiary/aromatic N) is 1. The third-order valence-corrected chi connectivity index (χ3v) is 3.27. The summed E-state index contributed by atoms with van der Waals surface area (Å²) in [6, 6.07) is 2.21. The molecule has 3 unspecified atom stereocenters. The van der Waals surface area contributed by atoms with Crippen molar-refractivity contribution in [2.45, 2.75) is 33.6 Å². The van der Waals surface area contributed by atoms with Crippen LogP contribution in [-0.2, 0) is 0 Å². The first-order valence-electron chi connectivity index (χ1n) is 5.00. The average molecular weight is 181 g/mol. The summed E-state index contributed by atoms with van der Waals surface area (Å²) in [5.41, 5.74) is 0.356. The molecule has 0 radical (unpaired) electrons. The molecule has 0 aromatic heterocycles. The first-order chi connectivity index (χ1) is 6.00. The Labute approximate surface area is 80.6 Å². The van der Waals surface area contributed by atoms with Crippen molar-refractivity contribution in [3.05, 3.63) is 0 Å². The van der Waals surface area contributed by atoms with Crippen molar-refractivity contribution in [1.29, 1.82) is 5.26 Å². The Hall–Kier alpha value is -0.550. The van der Waals surface area contributed by atoms with Crippen molar-refractivity contribution in [2.75, 3.05) is 6.61 Å². The normalized spacial score (nSPS) is 34.1. The van der Waals surface area contributed by atoms with E-state index in [1.165, 1.54) is 6.42 Å². The van der Waals surface area contributed by atoms with Gasteiger partial charge in [-0.3, -0.25) is 0 Å². The molecular formula is C11H19NO. The van der Waals surface area contributed by atoms with E-state index in [4.69, 9.17) is 10.4 Å². The minimum absolute atomic E-state index is 0.0155. The first kappa shape index (κ1) is 10.5. The van der Waals surface area contributed by atoms with Gasteiger partial charge in [0.25, 0.3) is 0 Å². The molecule has 74 valence electrons. The lowest BCUT2D eigenvalue weighted by Crippen LogP contribution is -2.19. The van der Waals surface area contributed by atoms with Crippen LogP contribution in [-0.4, -0.2) is 11.7 Å². The largest absolute Gasteiger partial charge is 0.395 e. The van der Waals surface area contributed by atoms with Crippen molar-refractivity contribution >= 4 is 0 Å². The lowest BCUT2D eigenvalue weighted by Gasteiger charge is -2.19. The van der Waals surface area contributed by atoms with Gasteiger partial charge in [-0.15, -0.1) is 0 Å². The number of hydrogen-bond acceptors (Lipinski definition) is 2. The van der Waals surface area contributed by atoms with E-state index in [2.05, 4.69) is 26.8 Å². The van der Waals surface area contributed by atoms with Crippen molar-refractivity contribution in [3.8, 4) is 6.07 Å². The van der Waals surface area contributed by atoms with Gasteiger partial charge < -0.3 is 5.11 Å². The lowest BCUT2D eigenvalue weighted by atomic mass is 9.85. The molecule has 0 bridgehead atoms. The van der Waals surface area contributed by atoms with E-state index in [1.54, 1.807) is 0 Å². The van der Waals surface area contributed by atoms with Gasteiger partial charge in [0.15, 0.2) is 0 Å². The summed E-state index contributed by atoms with van der Waals surface area (Å²) in [6.45, 7) is 6.70. The molecule has 1 aliphatic rings. The van der Waals surface area contributed by atoms with Crippen LogP contribution in [0.3, 0.4) is 0 Å². The van der Waals surface area contributed by atoms with Gasteiger partial charge >= 0.3 is 0 Å². The van der Waals surface area contributed by atoms with Gasteiger partial charge in [0, 0.05) is 0 Å². The standard InChI is InChI=1S/C11H19NO/c1-8-4-11(2,3)5-10(8)9(6-12)7-13/h8-10,13H,4-5,7H2,1-3H3. The van der Waals surface area contributed by atoms with Crippen LogP contribution < -0.4 is 0 Å². The Morgan fingerprint density at radius 3 is 2.46 bits per heavy atom. The highest BCUT2D eigenvalue weighted by Gasteiger charge is 2.40. The van der Waals surface area contributed by atoms with Crippen molar-refractivity contribution in [3.63, 3.8) is 0 Å². The SMILES string of the molecule is CC1CC(C)(C)CC1C(C#N)CO. The van der Waals surface area contributed by atoms with E-state index in [0.29, 0.717) is 17.3 Å². The zero-order valence-corrected chi connectivity index (χ0v) is 8.75. The van der Waals surface area contributed by atoms with Gasteiger partial charge in [0.2, 0.25) is 0 Å². The summed E-state index contributed by atoms with van der Waals surface area (Å²) in [6.07, 6.45) is 2.25. The summed E-state index contributed by atoms with van der Waals surface area (Å²) in [4.78, 5) is 0. The molecule has 0 spiro atoms. The molecule has 0 saturated heterocycles. The summed E-state index contributed by atoms with van der Waals surface area (Å²) in [5, 5.41) is 17.9. The van der Waals surface area contributed by atoms with Crippen LogP contribution >= 0.6 is 0 Å². The smallest absolute Gasteiger partial charge is 0.0725 e. The van der Waals surface area contributed by atoms with Gasteiger partial charge in [0.1, 0.15) is 0 Å². The molecule has 0 heterocycles. The summed E-state index contributed by atoms with van der Waals surface area (Å²) in [7, 11) is 0. The second-order valence-electron chi connectivity index (χ2n) is 5.13. The number of aliphatic hydroxyl groups is 1. The third-order valence-electron chi connectivity index (χ3n) is 3.27. The fourth-order valence-corrected chi connectivity index (χ4v) is 2.76. The Bertz CT molecular complexity index is 217. The highest BCUT2D eigenvalue weighted by atomic mass is 16.3. The molecule has 1 rings (SSSR count). The van der Waals surface area contributed by atoms with Crippen LogP contribution in [0.2, 0.25) is 0 Å². The third kappa shape index (κ3) is 2.22. The molecule has 1 saturated carbocycles. The van der Waals surface area contributed by atoms with E-state index >= 15 is 0 Å². The molecule has 0 amide bonds. The summed E-state index contributed by atoms with van der Waals surface area (Å²) >= 11 is 0. The molecular weight excluding hydrogens is 162 g/mol. The Morgan fingerprint density at radius 2 is 2.15 bits per heavy atom. The molecule has 0 aromatic carbocycles. The van der Waals surface area contributed by atoms with E-state index < -0.39 is 0 Å². The number of rotatable bonds is 2. The monoisotopic (exact) mass is 181 g/mol. The van der Waals surface area contributed by atoms with E-state index in [0.717, 1.165) is 6.42 Å². The van der Waals surface area contributed by atoms with Gasteiger partial charge in [-0.2, -0.15) is 5.26 Å². The van der Waals surface area contributed by atoms with Crippen LogP contribution in [0.5, 0.6) is 0 Å². The van der Waals surface area contributed by atoms with E-state index in [1.807, 2.05) is 0 Å². The molecule has 1 fully saturated rings. The predicted molar refractivity (Wildman–Crippen MR) is 51.9 cm³/mol. The predicted octanol–water partition coefficient (Wildman–Crippen LogP) is 2.19. The highest BCUT2D eigenvalue weighted by molar-refractivity contribution is 4.97. The lowest BCUT2D eigenvalue weighted by molar-refractivity contribution is 0.189. The highest BCUT2D eigenvalue weighted by Crippen LogP contribution is 2.47. The minimum atomic E-state index is -0.156. The number of hydrogen-bond donors (Lipinski definition) is 1. The summed E-state index contributed by atoms with van der Waals surface area (Å²) < 4.78 is 0. The molecule has 0 aromatic rings. The number of aliphatic hydroxyl groups excluding tert-OH is 1. The molecule has 0 aliphatic heterocycles. The van der Waals surface area contributed by atoms with E-state index in [9.17, 15) is 0 Å². The molecule has 1 aliphatic carbocycles. The van der Waals surface area contributed by atoms with Crippen LogP contribution in [0, 0.1) is 34.5 Å². The van der Waals surface area contributed by atoms with Crippen LogP contribution in [0.25, 0.3) is 0 Å². The Kier molecular flexibility index (Phi) is 2.98. The fraction of sp³-hybridized carbons (Fsp3) is 0.909. The first-order valence-corrected chi connectivity index (χ1v) is 5.00. The van der Waals surface area contributed by atoms with Crippen molar-refractivity contribution in [2.24, 2.45) is 23.2 Å². The maximum atomic E-state index is 9.05. The van der Waals surface area contributed by atoms with Gasteiger partial charge in [-0.05, 0) is 30.1 Å². The van der Waals surface area contributed by atoms with Crippen LogP contribution in [0.4, 0.5) is 0 Å². The molecule has 2 heteroatoms. The Morgan fingerprint density at radius 1 is 1.54 bits per heavy atom. The molecule has 3 atom stereocenters. The second kappa shape index (κ2) is 3.67. The number of nitriles is 1. The Balaban J connectivity index is 2.68. The maximum absolute atomic E-state index is 9.05. The second-order valence-corrected chi connectivity index (χ2v) is 5.13. The molecule has 2 nitrogen and oxygen atoms in total. The van der Waals surface area contributed by atoms with Gasteiger partial charge in [-0.25, -0.2) is 0 Å². The van der Waals surface area contributed by atoms with Gasteiger partial charge in [-0.1, -0.05) is 20.8 Å². The zero-order chi connectivity index (χ0) is 10.1. The minimum Gasteiger partial charge on any atom is -0.395 e. The van der Waals surface area contributed by atoms with Crippen LogP contribution in [0.15, 0.2) is 0 Å². The topological polar surface area (TPSA) is 44.0 Å². The average Bonchev–Trinajstić information content (AvgIpc) is 2.28. The quantitative estimate of drug-likeness (QED) is 0.709. The maximum Gasteiger partial charge on any atom is 0.0725 e. The fourth-order valence-electron chi connectivity index (χ4n) is 2.76. The van der Waals surface area contributed by atoms with Crippen molar-refractivity contribution < 1.29 is 5.11 Å². The van der Waals surface area contributed by atoms with Gasteiger partial charge in [0.05, 0.1) is 18.6 Å². The summed E-state index contributed by atoms with van der Waals surface area (Å²) in [5.74, 6) is 0.813.